The largest absolute Gasteiger partial charge is 0.388 e. The van der Waals surface area contributed by atoms with E-state index >= 15 is 0 Å². The van der Waals surface area contributed by atoms with Crippen molar-refractivity contribution in [1.29, 1.82) is 0 Å². The van der Waals surface area contributed by atoms with Crippen LogP contribution in [0.25, 0.3) is 0 Å². The molecule has 3 N–H and O–H groups in total. The molecule has 0 spiro atoms. The van der Waals surface area contributed by atoms with E-state index in [1.807, 2.05) is 6.92 Å². The smallest absolute Gasteiger partial charge is 0.229 e. The molecule has 2 aliphatic heterocycles. The van der Waals surface area contributed by atoms with Gasteiger partial charge in [0.15, 0.2) is 0 Å². The van der Waals surface area contributed by atoms with Crippen molar-refractivity contribution in [3.8, 4) is 0 Å². The number of likely N-dealkylation sites (N-methyl/N-ethyl adjacent to an activating group) is 1. The fourth-order valence-corrected chi connectivity index (χ4v) is 2.44. The van der Waals surface area contributed by atoms with Crippen LogP contribution in [-0.2, 0) is 9.53 Å². The molecule has 6 heteroatoms. The number of carbonyl (C=O) groups is 1. The summed E-state index contributed by atoms with van der Waals surface area (Å²) >= 11 is 0. The van der Waals surface area contributed by atoms with Crippen molar-refractivity contribution in [2.45, 2.75) is 25.2 Å². The highest BCUT2D eigenvalue weighted by Gasteiger charge is 2.40. The topological polar surface area (TPSA) is 82.0 Å². The Labute approximate surface area is 101 Å². The number of hydrogen-bond acceptors (Lipinski definition) is 5. The molecule has 2 heterocycles. The van der Waals surface area contributed by atoms with Crippen LogP contribution in [0.1, 0.15) is 6.92 Å². The minimum absolute atomic E-state index is 0.0379. The third-order valence-electron chi connectivity index (χ3n) is 3.43. The van der Waals surface area contributed by atoms with Gasteiger partial charge in [0.25, 0.3) is 0 Å². The Morgan fingerprint density at radius 3 is 2.59 bits per heavy atom. The lowest BCUT2D eigenvalue weighted by molar-refractivity contribution is -0.135. The Morgan fingerprint density at radius 2 is 2.00 bits per heavy atom. The summed E-state index contributed by atoms with van der Waals surface area (Å²) in [6, 6.07) is 0.0439. The molecule has 0 bridgehead atoms. The second-order valence-corrected chi connectivity index (χ2v) is 4.69. The van der Waals surface area contributed by atoms with Crippen LogP contribution < -0.4 is 5.32 Å². The summed E-state index contributed by atoms with van der Waals surface area (Å²) in [5.41, 5.74) is 0. The van der Waals surface area contributed by atoms with Crippen LogP contribution in [0.15, 0.2) is 0 Å². The van der Waals surface area contributed by atoms with Gasteiger partial charge in [-0.25, -0.2) is 0 Å². The van der Waals surface area contributed by atoms with E-state index in [0.717, 1.165) is 6.54 Å². The average molecular weight is 244 g/mol. The molecule has 0 aliphatic carbocycles. The molecular formula is C11H20N2O4. The van der Waals surface area contributed by atoms with Gasteiger partial charge in [0, 0.05) is 19.1 Å². The first kappa shape index (κ1) is 12.8. The van der Waals surface area contributed by atoms with Crippen LogP contribution in [-0.4, -0.2) is 72.1 Å². The second kappa shape index (κ2) is 5.30. The lowest BCUT2D eigenvalue weighted by Gasteiger charge is -2.23. The number of carbonyl (C=O) groups excluding carboxylic acids is 1. The van der Waals surface area contributed by atoms with E-state index in [2.05, 4.69) is 5.32 Å². The van der Waals surface area contributed by atoms with Gasteiger partial charge in [0.05, 0.1) is 31.3 Å². The van der Waals surface area contributed by atoms with Gasteiger partial charge in [0.1, 0.15) is 0 Å². The molecule has 4 atom stereocenters. The Morgan fingerprint density at radius 1 is 1.35 bits per heavy atom. The number of aliphatic hydroxyl groups excluding tert-OH is 2. The highest BCUT2D eigenvalue weighted by molar-refractivity contribution is 5.80. The molecule has 0 saturated carbocycles. The molecule has 17 heavy (non-hydrogen) atoms. The summed E-state index contributed by atoms with van der Waals surface area (Å²) in [4.78, 5) is 13.7. The van der Waals surface area contributed by atoms with Crippen molar-refractivity contribution in [1.82, 2.24) is 10.2 Å². The zero-order valence-corrected chi connectivity index (χ0v) is 10.0. The molecule has 0 aromatic carbocycles. The molecular weight excluding hydrogens is 224 g/mol. The molecule has 2 rings (SSSR count). The molecule has 98 valence electrons. The molecule has 6 nitrogen and oxygen atoms in total. The molecule has 2 aliphatic rings. The van der Waals surface area contributed by atoms with E-state index in [9.17, 15) is 15.0 Å². The third-order valence-corrected chi connectivity index (χ3v) is 3.43. The molecule has 1 amide bonds. The van der Waals surface area contributed by atoms with E-state index < -0.39 is 12.2 Å². The molecule has 0 radical (unpaired) electrons. The van der Waals surface area contributed by atoms with E-state index in [1.165, 1.54) is 4.90 Å². The monoisotopic (exact) mass is 244 g/mol. The van der Waals surface area contributed by atoms with Crippen molar-refractivity contribution < 1.29 is 19.7 Å². The van der Waals surface area contributed by atoms with Crippen molar-refractivity contribution in [3.63, 3.8) is 0 Å². The van der Waals surface area contributed by atoms with Crippen LogP contribution in [0.4, 0.5) is 0 Å². The zero-order chi connectivity index (χ0) is 12.4. The first-order chi connectivity index (χ1) is 8.13. The minimum atomic E-state index is -0.821. The quantitative estimate of drug-likeness (QED) is 0.544. The molecule has 2 fully saturated rings. The van der Waals surface area contributed by atoms with Crippen LogP contribution in [0.5, 0.6) is 0 Å². The Bertz CT molecular complexity index is 277. The summed E-state index contributed by atoms with van der Waals surface area (Å²) in [5.74, 6) is -0.239. The van der Waals surface area contributed by atoms with Crippen molar-refractivity contribution in [2.75, 3.05) is 32.8 Å². The molecule has 0 aromatic rings. The van der Waals surface area contributed by atoms with Gasteiger partial charge >= 0.3 is 0 Å². The maximum absolute atomic E-state index is 12.2. The highest BCUT2D eigenvalue weighted by Crippen LogP contribution is 2.20. The average Bonchev–Trinajstić information content (AvgIpc) is 2.87. The van der Waals surface area contributed by atoms with Crippen LogP contribution >= 0.6 is 0 Å². The zero-order valence-electron chi connectivity index (χ0n) is 10.0. The predicted octanol–water partition coefficient (Wildman–Crippen LogP) is -1.83. The van der Waals surface area contributed by atoms with Crippen molar-refractivity contribution in [3.05, 3.63) is 0 Å². The fraction of sp³-hybridized carbons (Fsp3) is 0.909. The van der Waals surface area contributed by atoms with E-state index in [1.54, 1.807) is 0 Å². The molecule has 0 aromatic heterocycles. The number of aliphatic hydroxyl groups is 2. The summed E-state index contributed by atoms with van der Waals surface area (Å²) in [7, 11) is 0. The van der Waals surface area contributed by atoms with Gasteiger partial charge in [-0.1, -0.05) is 6.92 Å². The SMILES string of the molecule is CCNC1COCC1C(=O)N1C[C@@H](O)[C@@H](O)C1. The van der Waals surface area contributed by atoms with Crippen LogP contribution in [0.3, 0.4) is 0 Å². The summed E-state index contributed by atoms with van der Waals surface area (Å²) in [6.07, 6.45) is -1.64. The Hall–Kier alpha value is -0.690. The fourth-order valence-electron chi connectivity index (χ4n) is 2.44. The number of nitrogens with one attached hydrogen (secondary N) is 1. The third kappa shape index (κ3) is 2.60. The van der Waals surface area contributed by atoms with Gasteiger partial charge in [-0.05, 0) is 6.54 Å². The first-order valence-electron chi connectivity index (χ1n) is 6.09. The number of likely N-dealkylation sites (tertiary alicyclic amines) is 1. The van der Waals surface area contributed by atoms with Gasteiger partial charge in [-0.15, -0.1) is 0 Å². The van der Waals surface area contributed by atoms with Crippen molar-refractivity contribution >= 4 is 5.91 Å². The number of amides is 1. The summed E-state index contributed by atoms with van der Waals surface area (Å²) < 4.78 is 5.32. The van der Waals surface area contributed by atoms with Gasteiger partial charge in [-0.2, -0.15) is 0 Å². The highest BCUT2D eigenvalue weighted by atomic mass is 16.5. The predicted molar refractivity (Wildman–Crippen MR) is 60.4 cm³/mol. The van der Waals surface area contributed by atoms with E-state index in [4.69, 9.17) is 4.74 Å². The second-order valence-electron chi connectivity index (χ2n) is 4.69. The summed E-state index contributed by atoms with van der Waals surface area (Å²) in [5, 5.41) is 22.1. The van der Waals surface area contributed by atoms with E-state index in [0.29, 0.717) is 13.2 Å². The number of rotatable bonds is 3. The normalized spacial score (nSPS) is 37.7. The standard InChI is InChI=1S/C11H20N2O4/c1-2-12-8-6-17-5-7(8)11(16)13-3-9(14)10(15)4-13/h7-10,12,14-15H,2-6H2,1H3/t7?,8?,9-,10+. The maximum atomic E-state index is 12.2. The molecule has 2 unspecified atom stereocenters. The van der Waals surface area contributed by atoms with Crippen LogP contribution in [0, 0.1) is 5.92 Å². The number of ether oxygens (including phenoxy) is 1. The number of β-amino-alcohol motifs (C(OH)–C–C–N with tert-alkyl or cyclic N) is 2. The maximum Gasteiger partial charge on any atom is 0.229 e. The van der Waals surface area contributed by atoms with Gasteiger partial charge in [-0.3, -0.25) is 4.79 Å². The Balaban J connectivity index is 1.95. The van der Waals surface area contributed by atoms with Gasteiger partial charge < -0.3 is 25.2 Å². The first-order valence-corrected chi connectivity index (χ1v) is 6.09. The van der Waals surface area contributed by atoms with E-state index in [-0.39, 0.29) is 31.0 Å². The van der Waals surface area contributed by atoms with Crippen molar-refractivity contribution in [2.24, 2.45) is 5.92 Å². The van der Waals surface area contributed by atoms with Crippen LogP contribution in [0.2, 0.25) is 0 Å². The van der Waals surface area contributed by atoms with Gasteiger partial charge in [0.2, 0.25) is 5.91 Å². The molecule has 2 saturated heterocycles. The number of hydrogen-bond donors (Lipinski definition) is 3. The number of nitrogens with zero attached hydrogens (tertiary/aromatic N) is 1. The lowest BCUT2D eigenvalue weighted by atomic mass is 10.0. The lowest BCUT2D eigenvalue weighted by Crippen LogP contribution is -2.45. The summed E-state index contributed by atoms with van der Waals surface area (Å²) in [6.45, 7) is 4.18. The Kier molecular flexibility index (Phi) is 3.98. The minimum Gasteiger partial charge on any atom is -0.388 e.